The highest BCUT2D eigenvalue weighted by Crippen LogP contribution is 2.27. The number of nitrogens with zero attached hydrogens (tertiary/aromatic N) is 2. The number of para-hydroxylation sites is 1. The van der Waals surface area contributed by atoms with E-state index in [0.29, 0.717) is 24.9 Å². The normalized spacial score (nSPS) is 19.8. The molecule has 0 bridgehead atoms. The lowest BCUT2D eigenvalue weighted by Crippen LogP contribution is -2.42. The van der Waals surface area contributed by atoms with E-state index >= 15 is 0 Å². The van der Waals surface area contributed by atoms with Crippen molar-refractivity contribution in [2.75, 3.05) is 32.1 Å². The van der Waals surface area contributed by atoms with Gasteiger partial charge in [-0.3, -0.25) is 4.79 Å². The van der Waals surface area contributed by atoms with Gasteiger partial charge in [0.25, 0.3) is 0 Å². The Morgan fingerprint density at radius 3 is 2.76 bits per heavy atom. The molecule has 2 fully saturated rings. The second-order valence-electron chi connectivity index (χ2n) is 6.40. The first kappa shape index (κ1) is 17.3. The smallest absolute Gasteiger partial charge is 0.232 e. The van der Waals surface area contributed by atoms with E-state index in [1.54, 1.807) is 23.1 Å². The molecule has 5 nitrogen and oxygen atoms in total. The van der Waals surface area contributed by atoms with Crippen molar-refractivity contribution < 1.29 is 14.3 Å². The Balaban J connectivity index is 1.21. The minimum atomic E-state index is -0.0503. The minimum Gasteiger partial charge on any atom is -0.350 e. The summed E-state index contributed by atoms with van der Waals surface area (Å²) in [5.41, 5.74) is 1.05. The molecular weight excluding hydrogens is 356 g/mol. The van der Waals surface area contributed by atoms with E-state index in [4.69, 9.17) is 9.47 Å². The van der Waals surface area contributed by atoms with Crippen molar-refractivity contribution in [3.05, 3.63) is 29.3 Å². The van der Waals surface area contributed by atoms with Crippen LogP contribution in [0.25, 0.3) is 10.2 Å². The maximum absolute atomic E-state index is 12.4. The van der Waals surface area contributed by atoms with Gasteiger partial charge in [0.2, 0.25) is 5.91 Å². The number of likely N-dealkylation sites (tertiary alicyclic amines) is 1. The Morgan fingerprint density at radius 2 is 2.00 bits per heavy atom. The molecule has 134 valence electrons. The maximum atomic E-state index is 12.4. The first-order valence-corrected chi connectivity index (χ1v) is 10.7. The zero-order chi connectivity index (χ0) is 17.1. The van der Waals surface area contributed by atoms with Crippen molar-refractivity contribution >= 4 is 39.2 Å². The number of carbonyl (C=O) groups is 1. The van der Waals surface area contributed by atoms with Gasteiger partial charge in [0.05, 0.1) is 29.2 Å². The van der Waals surface area contributed by atoms with Gasteiger partial charge in [-0.15, -0.1) is 23.1 Å². The van der Waals surface area contributed by atoms with Crippen LogP contribution in [0.5, 0.6) is 0 Å². The summed E-state index contributed by atoms with van der Waals surface area (Å²) in [6.07, 6.45) is 1.89. The summed E-state index contributed by atoms with van der Waals surface area (Å²) in [5.74, 6) is 1.99. The van der Waals surface area contributed by atoms with Crippen molar-refractivity contribution in [3.63, 3.8) is 0 Å². The monoisotopic (exact) mass is 378 g/mol. The number of hydrogen-bond donors (Lipinski definition) is 0. The average molecular weight is 379 g/mol. The quantitative estimate of drug-likeness (QED) is 0.800. The lowest BCUT2D eigenvalue weighted by atomic mass is 9.96. The topological polar surface area (TPSA) is 51.7 Å². The molecule has 0 atom stereocenters. The fourth-order valence-corrected chi connectivity index (χ4v) is 5.32. The van der Waals surface area contributed by atoms with Crippen molar-refractivity contribution in [2.45, 2.75) is 24.9 Å². The molecular formula is C18H22N2O3S2. The van der Waals surface area contributed by atoms with E-state index in [-0.39, 0.29) is 12.2 Å². The molecule has 2 aliphatic rings. The van der Waals surface area contributed by atoms with Gasteiger partial charge in [-0.2, -0.15) is 0 Å². The predicted molar refractivity (Wildman–Crippen MR) is 101 cm³/mol. The van der Waals surface area contributed by atoms with Crippen molar-refractivity contribution in [2.24, 2.45) is 5.92 Å². The third-order valence-corrected chi connectivity index (χ3v) is 6.86. The van der Waals surface area contributed by atoms with Gasteiger partial charge in [-0.1, -0.05) is 12.1 Å². The molecule has 3 heterocycles. The van der Waals surface area contributed by atoms with Crippen LogP contribution in [0, 0.1) is 5.92 Å². The number of thiazole rings is 1. The van der Waals surface area contributed by atoms with Gasteiger partial charge in [0.15, 0.2) is 6.29 Å². The Bertz CT molecular complexity index is 689. The van der Waals surface area contributed by atoms with Gasteiger partial charge in [0, 0.05) is 24.8 Å². The van der Waals surface area contributed by atoms with E-state index in [2.05, 4.69) is 11.1 Å². The van der Waals surface area contributed by atoms with Gasteiger partial charge in [0.1, 0.15) is 5.01 Å². The van der Waals surface area contributed by atoms with E-state index in [1.807, 2.05) is 23.1 Å². The fraction of sp³-hybridized carbons (Fsp3) is 0.556. The summed E-state index contributed by atoms with van der Waals surface area (Å²) in [6.45, 7) is 3.03. The Kier molecular flexibility index (Phi) is 5.55. The number of thioether (sulfide) groups is 1. The van der Waals surface area contributed by atoms with E-state index < -0.39 is 0 Å². The van der Waals surface area contributed by atoms with E-state index in [9.17, 15) is 4.79 Å². The SMILES string of the molecule is O=C(CSCc1nc2ccccc2s1)N1CCC(C2OCCO2)CC1. The molecule has 2 aliphatic heterocycles. The van der Waals surface area contributed by atoms with Crippen LogP contribution in [0.15, 0.2) is 24.3 Å². The van der Waals surface area contributed by atoms with Crippen LogP contribution in [-0.4, -0.2) is 54.1 Å². The highest BCUT2D eigenvalue weighted by atomic mass is 32.2. The summed E-state index contributed by atoms with van der Waals surface area (Å²) in [5, 5.41) is 1.09. The first-order valence-electron chi connectivity index (χ1n) is 8.73. The molecule has 1 aromatic carbocycles. The number of ether oxygens (including phenoxy) is 2. The average Bonchev–Trinajstić information content (AvgIpc) is 3.31. The van der Waals surface area contributed by atoms with Gasteiger partial charge < -0.3 is 14.4 Å². The summed E-state index contributed by atoms with van der Waals surface area (Å²) in [6, 6.07) is 8.17. The van der Waals surface area contributed by atoms with Crippen molar-refractivity contribution in [3.8, 4) is 0 Å². The molecule has 2 aromatic rings. The molecule has 1 aromatic heterocycles. The minimum absolute atomic E-state index is 0.0503. The number of fused-ring (bicyclic) bond motifs is 1. The molecule has 25 heavy (non-hydrogen) atoms. The summed E-state index contributed by atoms with van der Waals surface area (Å²) >= 11 is 3.37. The number of amides is 1. The molecule has 4 rings (SSSR count). The second-order valence-corrected chi connectivity index (χ2v) is 8.50. The zero-order valence-electron chi connectivity index (χ0n) is 14.1. The molecule has 0 spiro atoms. The lowest BCUT2D eigenvalue weighted by molar-refractivity contribution is -0.134. The number of piperidine rings is 1. The maximum Gasteiger partial charge on any atom is 0.232 e. The van der Waals surface area contributed by atoms with Crippen LogP contribution >= 0.6 is 23.1 Å². The molecule has 0 N–H and O–H groups in total. The van der Waals surface area contributed by atoms with Crippen LogP contribution in [-0.2, 0) is 20.0 Å². The molecule has 0 unspecified atom stereocenters. The van der Waals surface area contributed by atoms with Crippen LogP contribution in [0.4, 0.5) is 0 Å². The third kappa shape index (κ3) is 4.16. The fourth-order valence-electron chi connectivity index (χ4n) is 3.37. The number of benzene rings is 1. The summed E-state index contributed by atoms with van der Waals surface area (Å²) < 4.78 is 12.4. The molecule has 0 saturated carbocycles. The Morgan fingerprint density at radius 1 is 1.24 bits per heavy atom. The van der Waals surface area contributed by atoms with Crippen LogP contribution < -0.4 is 0 Å². The molecule has 0 radical (unpaired) electrons. The Hall–Kier alpha value is -1.15. The molecule has 2 saturated heterocycles. The van der Waals surface area contributed by atoms with E-state index in [1.165, 1.54) is 4.70 Å². The summed E-state index contributed by atoms with van der Waals surface area (Å²) in [4.78, 5) is 19.0. The van der Waals surface area contributed by atoms with Crippen molar-refractivity contribution in [1.82, 2.24) is 9.88 Å². The highest BCUT2D eigenvalue weighted by molar-refractivity contribution is 7.99. The van der Waals surface area contributed by atoms with Crippen LogP contribution in [0.3, 0.4) is 0 Å². The Labute approximate surface area is 155 Å². The standard InChI is InChI=1S/C18H22N2O3S2/c21-17(20-7-5-13(6-8-20)18-22-9-10-23-18)12-24-11-16-19-14-3-1-2-4-15(14)25-16/h1-4,13,18H,5-12H2. The van der Waals surface area contributed by atoms with E-state index in [0.717, 1.165) is 42.2 Å². The molecule has 1 amide bonds. The predicted octanol–water partition coefficient (Wildman–Crippen LogP) is 3.14. The highest BCUT2D eigenvalue weighted by Gasteiger charge is 2.31. The van der Waals surface area contributed by atoms with Gasteiger partial charge in [-0.25, -0.2) is 4.98 Å². The largest absolute Gasteiger partial charge is 0.350 e. The van der Waals surface area contributed by atoms with Gasteiger partial charge >= 0.3 is 0 Å². The molecule has 7 heteroatoms. The number of hydrogen-bond acceptors (Lipinski definition) is 6. The van der Waals surface area contributed by atoms with Crippen LogP contribution in [0.2, 0.25) is 0 Å². The lowest BCUT2D eigenvalue weighted by Gasteiger charge is -2.33. The van der Waals surface area contributed by atoms with Gasteiger partial charge in [-0.05, 0) is 25.0 Å². The number of rotatable bonds is 5. The third-order valence-electron chi connectivity index (χ3n) is 4.71. The zero-order valence-corrected chi connectivity index (χ0v) is 15.7. The van der Waals surface area contributed by atoms with Crippen molar-refractivity contribution in [1.29, 1.82) is 0 Å². The molecule has 0 aliphatic carbocycles. The summed E-state index contributed by atoms with van der Waals surface area (Å²) in [7, 11) is 0. The van der Waals surface area contributed by atoms with Crippen LogP contribution in [0.1, 0.15) is 17.8 Å². The second kappa shape index (κ2) is 8.03. The number of aromatic nitrogens is 1. The number of carbonyl (C=O) groups excluding carboxylic acids is 1. The first-order chi connectivity index (χ1) is 12.3.